The Labute approximate surface area is 162 Å². The molecule has 0 aliphatic rings. The van der Waals surface area contributed by atoms with Gasteiger partial charge < -0.3 is 19.3 Å². The van der Waals surface area contributed by atoms with Gasteiger partial charge in [0, 0.05) is 0 Å². The summed E-state index contributed by atoms with van der Waals surface area (Å²) in [5, 5.41) is 8.80. The number of ether oxygens (including phenoxy) is 3. The number of carbonyl (C=O) groups excluding carboxylic acids is 2. The molecule has 8 nitrogen and oxygen atoms in total. The lowest BCUT2D eigenvalue weighted by Crippen LogP contribution is -2.33. The number of carbonyl (C=O) groups is 2. The molecule has 0 saturated carbocycles. The topological polar surface area (TPSA) is 108 Å². The molecule has 0 bridgehead atoms. The fourth-order valence-electron chi connectivity index (χ4n) is 1.54. The Morgan fingerprint density at radius 1 is 1.00 bits per heavy atom. The van der Waals surface area contributed by atoms with Gasteiger partial charge in [-0.25, -0.2) is 28.3 Å². The van der Waals surface area contributed by atoms with Crippen molar-refractivity contribution in [3.05, 3.63) is 48.0 Å². The first-order chi connectivity index (χ1) is 13.6. The molecule has 0 aliphatic carbocycles. The van der Waals surface area contributed by atoms with Gasteiger partial charge >= 0.3 is 24.3 Å². The lowest BCUT2D eigenvalue weighted by atomic mass is 10.3. The first-order valence-corrected chi connectivity index (χ1v) is 7.67. The zero-order chi connectivity index (χ0) is 22.0. The molecule has 1 N–H and O–H groups in total. The van der Waals surface area contributed by atoms with E-state index >= 15 is 0 Å². The largest absolute Gasteiger partial charge is 0.506 e. The van der Waals surface area contributed by atoms with Crippen molar-refractivity contribution in [1.29, 1.82) is 0 Å². The predicted octanol–water partition coefficient (Wildman–Crippen LogP) is 2.72. The number of hydrogen-bond donors (Lipinski definition) is 1. The lowest BCUT2D eigenvalue weighted by molar-refractivity contribution is -0.148. The number of nitrogens with zero attached hydrogens (tertiary/aromatic N) is 2. The zero-order valence-corrected chi connectivity index (χ0v) is 15.1. The van der Waals surface area contributed by atoms with E-state index in [4.69, 9.17) is 5.11 Å². The summed E-state index contributed by atoms with van der Waals surface area (Å²) < 4.78 is 61.9. The Balaban J connectivity index is 0.000000326. The van der Waals surface area contributed by atoms with Crippen LogP contribution >= 0.6 is 0 Å². The van der Waals surface area contributed by atoms with E-state index in [0.717, 1.165) is 19.4 Å². The average Bonchev–Trinajstić information content (AvgIpc) is 2.72. The summed E-state index contributed by atoms with van der Waals surface area (Å²) in [4.78, 5) is 28.9. The van der Waals surface area contributed by atoms with Gasteiger partial charge in [0.05, 0.1) is 26.6 Å². The van der Waals surface area contributed by atoms with Crippen LogP contribution in [-0.2, 0) is 9.47 Å². The maximum atomic E-state index is 12.5. The molecular weight excluding hydrogens is 404 g/mol. The third kappa shape index (κ3) is 7.60. The van der Waals surface area contributed by atoms with Gasteiger partial charge in [0.1, 0.15) is 22.9 Å². The molecular formula is C17H16F4N2O6. The van der Waals surface area contributed by atoms with Gasteiger partial charge in [-0.1, -0.05) is 0 Å². The van der Waals surface area contributed by atoms with E-state index < -0.39 is 30.9 Å². The van der Waals surface area contributed by atoms with Crippen LogP contribution in [0.25, 0.3) is 0 Å². The molecule has 0 atom stereocenters. The highest BCUT2D eigenvalue weighted by Gasteiger charge is 2.41. The van der Waals surface area contributed by atoms with Gasteiger partial charge in [0.15, 0.2) is 6.61 Å². The van der Waals surface area contributed by atoms with Crippen LogP contribution in [0.2, 0.25) is 0 Å². The van der Waals surface area contributed by atoms with Crippen LogP contribution in [0, 0.1) is 0 Å². The fourth-order valence-corrected chi connectivity index (χ4v) is 1.54. The highest BCUT2D eigenvalue weighted by molar-refractivity contribution is 5.87. The van der Waals surface area contributed by atoms with Crippen molar-refractivity contribution >= 4 is 11.9 Å². The maximum absolute atomic E-state index is 12.5. The first kappa shape index (κ1) is 23.6. The van der Waals surface area contributed by atoms with Crippen molar-refractivity contribution in [2.24, 2.45) is 0 Å². The van der Waals surface area contributed by atoms with Gasteiger partial charge in [0.25, 0.3) is 0 Å². The van der Waals surface area contributed by atoms with Crippen molar-refractivity contribution in [1.82, 2.24) is 9.97 Å². The van der Waals surface area contributed by atoms with Crippen LogP contribution in [0.4, 0.5) is 17.6 Å². The number of hydrogen-bond acceptors (Lipinski definition) is 8. The number of pyridine rings is 2. The highest BCUT2D eigenvalue weighted by Crippen LogP contribution is 2.24. The molecule has 0 unspecified atom stereocenters. The molecule has 0 saturated heterocycles. The van der Waals surface area contributed by atoms with Crippen molar-refractivity contribution < 1.29 is 46.5 Å². The molecule has 2 heterocycles. The minimum atomic E-state index is -4.24. The normalized spacial score (nSPS) is 10.6. The summed E-state index contributed by atoms with van der Waals surface area (Å²) in [5.74, 6) is -5.58. The molecule has 0 spiro atoms. The van der Waals surface area contributed by atoms with Gasteiger partial charge in [-0.05, 0) is 24.3 Å². The van der Waals surface area contributed by atoms with E-state index in [1.165, 1.54) is 31.5 Å². The van der Waals surface area contributed by atoms with Crippen LogP contribution in [0.3, 0.4) is 0 Å². The summed E-state index contributed by atoms with van der Waals surface area (Å²) in [5.41, 5.74) is 0.135. The highest BCUT2D eigenvalue weighted by atomic mass is 19.3. The van der Waals surface area contributed by atoms with Gasteiger partial charge in [-0.15, -0.1) is 0 Å². The van der Waals surface area contributed by atoms with Gasteiger partial charge in [0.2, 0.25) is 0 Å². The van der Waals surface area contributed by atoms with Crippen LogP contribution < -0.4 is 4.74 Å². The summed E-state index contributed by atoms with van der Waals surface area (Å²) in [7, 11) is 2.43. The van der Waals surface area contributed by atoms with E-state index in [2.05, 4.69) is 24.2 Å². The van der Waals surface area contributed by atoms with Crippen molar-refractivity contribution in [2.75, 3.05) is 20.8 Å². The number of halogens is 4. The summed E-state index contributed by atoms with van der Waals surface area (Å²) in [6, 6.07) is 5.09. The number of methoxy groups -OCH3 is 2. The second-order valence-corrected chi connectivity index (χ2v) is 5.11. The molecule has 29 heavy (non-hydrogen) atoms. The smallest absolute Gasteiger partial charge is 0.356 e. The maximum Gasteiger partial charge on any atom is 0.356 e. The van der Waals surface area contributed by atoms with E-state index in [-0.39, 0.29) is 22.9 Å². The molecule has 2 rings (SSSR count). The number of alkyl halides is 4. The number of rotatable bonds is 6. The number of esters is 2. The molecule has 2 aromatic rings. The molecule has 158 valence electrons. The minimum Gasteiger partial charge on any atom is -0.506 e. The standard InChI is InChI=1S/C10H9F4NO3.C7H7NO3/c1-17-8(16)7-3-2-6(4-15-7)18-5-10(13,14)9(11)12;1-11-7(10)6-3-2-5(9)4-8-6/h2-4,9H,5H2,1H3;2-4,9H,1H3. The second-order valence-electron chi connectivity index (χ2n) is 5.11. The second kappa shape index (κ2) is 10.8. The molecule has 0 fully saturated rings. The quantitative estimate of drug-likeness (QED) is 0.562. The molecule has 0 aromatic carbocycles. The minimum absolute atomic E-state index is 0.0256. The van der Waals surface area contributed by atoms with Crippen molar-refractivity contribution in [3.63, 3.8) is 0 Å². The Morgan fingerprint density at radius 3 is 1.90 bits per heavy atom. The molecule has 12 heteroatoms. The first-order valence-electron chi connectivity index (χ1n) is 7.67. The van der Waals surface area contributed by atoms with Crippen molar-refractivity contribution in [3.8, 4) is 11.5 Å². The van der Waals surface area contributed by atoms with Gasteiger partial charge in [-0.3, -0.25) is 0 Å². The molecule has 0 radical (unpaired) electrons. The van der Waals surface area contributed by atoms with Crippen LogP contribution in [0.15, 0.2) is 36.7 Å². The lowest BCUT2D eigenvalue weighted by Gasteiger charge is -2.15. The fraction of sp³-hybridized carbons (Fsp3) is 0.294. The Hall–Kier alpha value is -3.44. The Bertz CT molecular complexity index is 801. The summed E-state index contributed by atoms with van der Waals surface area (Å²) >= 11 is 0. The SMILES string of the molecule is COC(=O)c1ccc(O)cn1.COC(=O)c1ccc(OCC(F)(F)C(F)F)cn1. The Morgan fingerprint density at radius 2 is 1.52 bits per heavy atom. The van der Waals surface area contributed by atoms with Crippen LogP contribution in [0.5, 0.6) is 11.5 Å². The molecule has 0 amide bonds. The van der Waals surface area contributed by atoms with E-state index in [0.29, 0.717) is 0 Å². The summed E-state index contributed by atoms with van der Waals surface area (Å²) in [6.45, 7) is -1.47. The zero-order valence-electron chi connectivity index (χ0n) is 15.1. The van der Waals surface area contributed by atoms with E-state index in [1.54, 1.807) is 0 Å². The monoisotopic (exact) mass is 420 g/mol. The third-order valence-electron chi connectivity index (χ3n) is 3.02. The number of aromatic hydroxyl groups is 1. The predicted molar refractivity (Wildman–Crippen MR) is 89.3 cm³/mol. The average molecular weight is 420 g/mol. The Kier molecular flexibility index (Phi) is 8.77. The van der Waals surface area contributed by atoms with E-state index in [9.17, 15) is 27.2 Å². The van der Waals surface area contributed by atoms with E-state index in [1.807, 2.05) is 0 Å². The summed E-state index contributed by atoms with van der Waals surface area (Å²) in [6.07, 6.45) is -1.65. The van der Waals surface area contributed by atoms with Crippen LogP contribution in [0.1, 0.15) is 21.0 Å². The number of aromatic nitrogens is 2. The molecule has 0 aliphatic heterocycles. The van der Waals surface area contributed by atoms with Crippen molar-refractivity contribution in [2.45, 2.75) is 12.3 Å². The third-order valence-corrected chi connectivity index (χ3v) is 3.02. The molecule has 2 aromatic heterocycles. The van der Waals surface area contributed by atoms with Crippen LogP contribution in [-0.4, -0.2) is 60.2 Å². The van der Waals surface area contributed by atoms with Gasteiger partial charge in [-0.2, -0.15) is 8.78 Å².